The quantitative estimate of drug-likeness (QED) is 0.532. The van der Waals surface area contributed by atoms with Crippen LogP contribution in [0.15, 0.2) is 12.7 Å². The molecular formula is C14H28N2. The van der Waals surface area contributed by atoms with Crippen molar-refractivity contribution < 1.29 is 0 Å². The molecule has 0 bridgehead atoms. The summed E-state index contributed by atoms with van der Waals surface area (Å²) in [7, 11) is 0. The zero-order valence-electron chi connectivity index (χ0n) is 10.8. The molecule has 2 atom stereocenters. The van der Waals surface area contributed by atoms with Gasteiger partial charge < -0.3 is 10.6 Å². The van der Waals surface area contributed by atoms with E-state index in [0.717, 1.165) is 31.5 Å². The van der Waals surface area contributed by atoms with Gasteiger partial charge in [-0.25, -0.2) is 0 Å². The first-order valence-corrected chi connectivity index (χ1v) is 6.88. The van der Waals surface area contributed by atoms with E-state index in [0.29, 0.717) is 0 Å². The highest BCUT2D eigenvalue weighted by Crippen LogP contribution is 2.27. The van der Waals surface area contributed by atoms with Crippen LogP contribution in [0.3, 0.4) is 0 Å². The molecule has 94 valence electrons. The maximum absolute atomic E-state index is 5.90. The highest BCUT2D eigenvalue weighted by Gasteiger charge is 2.27. The minimum Gasteiger partial charge on any atom is -0.330 e. The van der Waals surface area contributed by atoms with Crippen molar-refractivity contribution >= 4 is 0 Å². The van der Waals surface area contributed by atoms with Gasteiger partial charge in [0, 0.05) is 6.04 Å². The number of unbranched alkanes of at least 4 members (excludes halogenated alkanes) is 1. The van der Waals surface area contributed by atoms with Crippen molar-refractivity contribution in [3.05, 3.63) is 12.7 Å². The SMILES string of the molecule is C=CCCCN(CC)C1CCCCC1CN. The van der Waals surface area contributed by atoms with Gasteiger partial charge >= 0.3 is 0 Å². The maximum atomic E-state index is 5.90. The third-order valence-electron chi connectivity index (χ3n) is 3.90. The van der Waals surface area contributed by atoms with Crippen LogP contribution in [0.2, 0.25) is 0 Å². The fourth-order valence-corrected chi connectivity index (χ4v) is 2.94. The summed E-state index contributed by atoms with van der Waals surface area (Å²) >= 11 is 0. The van der Waals surface area contributed by atoms with Crippen molar-refractivity contribution in [3.63, 3.8) is 0 Å². The first-order chi connectivity index (χ1) is 7.83. The molecule has 0 radical (unpaired) electrons. The Hall–Kier alpha value is -0.340. The molecule has 0 aromatic heterocycles. The summed E-state index contributed by atoms with van der Waals surface area (Å²) in [5, 5.41) is 0. The van der Waals surface area contributed by atoms with Gasteiger partial charge in [0.05, 0.1) is 0 Å². The van der Waals surface area contributed by atoms with Crippen molar-refractivity contribution in [2.45, 2.75) is 51.5 Å². The lowest BCUT2D eigenvalue weighted by molar-refractivity contribution is 0.111. The second-order valence-electron chi connectivity index (χ2n) is 4.91. The molecule has 1 rings (SSSR count). The van der Waals surface area contributed by atoms with Crippen molar-refractivity contribution in [2.75, 3.05) is 19.6 Å². The summed E-state index contributed by atoms with van der Waals surface area (Å²) < 4.78 is 0. The Morgan fingerprint density at radius 3 is 2.75 bits per heavy atom. The Morgan fingerprint density at radius 1 is 1.38 bits per heavy atom. The van der Waals surface area contributed by atoms with E-state index in [2.05, 4.69) is 18.4 Å². The largest absolute Gasteiger partial charge is 0.330 e. The van der Waals surface area contributed by atoms with Crippen LogP contribution in [0.5, 0.6) is 0 Å². The molecule has 0 aliphatic heterocycles. The van der Waals surface area contributed by atoms with E-state index in [-0.39, 0.29) is 0 Å². The van der Waals surface area contributed by atoms with E-state index in [1.165, 1.54) is 38.6 Å². The summed E-state index contributed by atoms with van der Waals surface area (Å²) in [5.74, 6) is 0.734. The highest BCUT2D eigenvalue weighted by molar-refractivity contribution is 4.84. The van der Waals surface area contributed by atoms with E-state index in [4.69, 9.17) is 5.73 Å². The fourth-order valence-electron chi connectivity index (χ4n) is 2.94. The van der Waals surface area contributed by atoms with E-state index in [1.54, 1.807) is 0 Å². The van der Waals surface area contributed by atoms with Crippen LogP contribution in [-0.4, -0.2) is 30.6 Å². The third kappa shape index (κ3) is 3.91. The Bertz CT molecular complexity index is 191. The van der Waals surface area contributed by atoms with Gasteiger partial charge in [-0.1, -0.05) is 25.8 Å². The van der Waals surface area contributed by atoms with Crippen LogP contribution in [-0.2, 0) is 0 Å². The highest BCUT2D eigenvalue weighted by atomic mass is 15.2. The van der Waals surface area contributed by atoms with Gasteiger partial charge in [0.15, 0.2) is 0 Å². The smallest absolute Gasteiger partial charge is 0.0135 e. The van der Waals surface area contributed by atoms with Crippen LogP contribution in [0, 0.1) is 5.92 Å². The zero-order valence-corrected chi connectivity index (χ0v) is 10.8. The predicted octanol–water partition coefficient (Wildman–Crippen LogP) is 2.79. The summed E-state index contributed by atoms with van der Waals surface area (Å²) in [4.78, 5) is 2.64. The van der Waals surface area contributed by atoms with Crippen LogP contribution < -0.4 is 5.73 Å². The minimum absolute atomic E-state index is 0.734. The number of hydrogen-bond donors (Lipinski definition) is 1. The van der Waals surface area contributed by atoms with Gasteiger partial charge in [0.25, 0.3) is 0 Å². The second-order valence-corrected chi connectivity index (χ2v) is 4.91. The molecule has 2 heteroatoms. The van der Waals surface area contributed by atoms with Gasteiger partial charge in [0.2, 0.25) is 0 Å². The molecule has 0 saturated heterocycles. The maximum Gasteiger partial charge on any atom is 0.0135 e. The number of nitrogens with two attached hydrogens (primary N) is 1. The standard InChI is InChI=1S/C14H28N2/c1-3-5-8-11-16(4-2)14-10-7-6-9-13(14)12-15/h3,13-14H,1,4-12,15H2,2H3. The summed E-state index contributed by atoms with van der Waals surface area (Å²) in [6.45, 7) is 9.30. The van der Waals surface area contributed by atoms with Crippen molar-refractivity contribution in [1.82, 2.24) is 4.90 Å². The number of nitrogens with zero attached hydrogens (tertiary/aromatic N) is 1. The van der Waals surface area contributed by atoms with Gasteiger partial charge in [-0.05, 0) is 51.2 Å². The van der Waals surface area contributed by atoms with E-state index >= 15 is 0 Å². The monoisotopic (exact) mass is 224 g/mol. The second kappa shape index (κ2) is 7.86. The fraction of sp³-hybridized carbons (Fsp3) is 0.857. The molecule has 1 aliphatic rings. The average Bonchev–Trinajstić information content (AvgIpc) is 2.35. The summed E-state index contributed by atoms with van der Waals surface area (Å²) in [5.41, 5.74) is 5.90. The van der Waals surface area contributed by atoms with E-state index in [9.17, 15) is 0 Å². The van der Waals surface area contributed by atoms with Gasteiger partial charge in [-0.2, -0.15) is 0 Å². The Morgan fingerprint density at radius 2 is 2.12 bits per heavy atom. The van der Waals surface area contributed by atoms with Crippen molar-refractivity contribution in [3.8, 4) is 0 Å². The van der Waals surface area contributed by atoms with Gasteiger partial charge in [0.1, 0.15) is 0 Å². The molecule has 0 heterocycles. The molecule has 1 fully saturated rings. The van der Waals surface area contributed by atoms with E-state index in [1.807, 2.05) is 6.08 Å². The molecule has 2 unspecified atom stereocenters. The van der Waals surface area contributed by atoms with Crippen LogP contribution in [0.1, 0.15) is 45.4 Å². The average molecular weight is 224 g/mol. The molecule has 0 aromatic rings. The Labute approximate surface area is 101 Å². The van der Waals surface area contributed by atoms with Crippen molar-refractivity contribution in [1.29, 1.82) is 0 Å². The topological polar surface area (TPSA) is 29.3 Å². The molecule has 0 amide bonds. The first-order valence-electron chi connectivity index (χ1n) is 6.88. The Kier molecular flexibility index (Phi) is 6.74. The normalized spacial score (nSPS) is 25.9. The van der Waals surface area contributed by atoms with Crippen molar-refractivity contribution in [2.24, 2.45) is 11.7 Å². The van der Waals surface area contributed by atoms with Crippen LogP contribution in [0.4, 0.5) is 0 Å². The Balaban J connectivity index is 2.44. The van der Waals surface area contributed by atoms with Crippen LogP contribution in [0.25, 0.3) is 0 Å². The van der Waals surface area contributed by atoms with Gasteiger partial charge in [-0.15, -0.1) is 6.58 Å². The molecule has 1 aliphatic carbocycles. The molecule has 0 aromatic carbocycles. The number of allylic oxidation sites excluding steroid dienone is 1. The van der Waals surface area contributed by atoms with E-state index < -0.39 is 0 Å². The molecular weight excluding hydrogens is 196 g/mol. The molecule has 1 saturated carbocycles. The lowest BCUT2D eigenvalue weighted by atomic mass is 9.83. The van der Waals surface area contributed by atoms with Gasteiger partial charge in [-0.3, -0.25) is 0 Å². The number of hydrogen-bond acceptors (Lipinski definition) is 2. The minimum atomic E-state index is 0.734. The summed E-state index contributed by atoms with van der Waals surface area (Å²) in [6.07, 6.45) is 9.85. The number of rotatable bonds is 7. The molecule has 2 nitrogen and oxygen atoms in total. The molecule has 0 spiro atoms. The lowest BCUT2D eigenvalue weighted by Gasteiger charge is -2.39. The molecule has 16 heavy (non-hydrogen) atoms. The first kappa shape index (κ1) is 13.7. The third-order valence-corrected chi connectivity index (χ3v) is 3.90. The predicted molar refractivity (Wildman–Crippen MR) is 71.5 cm³/mol. The summed E-state index contributed by atoms with van der Waals surface area (Å²) in [6, 6.07) is 0.744. The van der Waals surface area contributed by atoms with Crippen LogP contribution >= 0.6 is 0 Å². The zero-order chi connectivity index (χ0) is 11.8. The molecule has 2 N–H and O–H groups in total. The lowest BCUT2D eigenvalue weighted by Crippen LogP contribution is -2.45.